The average Bonchev–Trinajstić information content (AvgIpc) is 1.61. The lowest BCUT2D eigenvalue weighted by Gasteiger charge is -2.13. The minimum absolute atomic E-state index is 0.654. The highest BCUT2D eigenvalue weighted by Crippen LogP contribution is 2.43. The van der Waals surface area contributed by atoms with Gasteiger partial charge in [0.25, 0.3) is 0 Å². The summed E-state index contributed by atoms with van der Waals surface area (Å²) < 4.78 is 9.20. The minimum Gasteiger partial charge on any atom is -0.309 e. The van der Waals surface area contributed by atoms with Crippen LogP contribution in [0.4, 0.5) is 0 Å². The van der Waals surface area contributed by atoms with Crippen molar-refractivity contribution in [1.29, 1.82) is 0 Å². The van der Waals surface area contributed by atoms with Gasteiger partial charge in [-0.1, -0.05) is 279 Å². The molecule has 0 fully saturated rings. The van der Waals surface area contributed by atoms with Crippen molar-refractivity contribution in [2.45, 2.75) is 0 Å². The molecule has 512 valence electrons. The first-order valence-electron chi connectivity index (χ1n) is 37.4. The second kappa shape index (κ2) is 25.4. The Bertz CT molecular complexity index is 7650. The van der Waals surface area contributed by atoms with Gasteiger partial charge in [0.2, 0.25) is 11.9 Å². The van der Waals surface area contributed by atoms with E-state index in [0.717, 1.165) is 77.5 Å². The van der Waals surface area contributed by atoms with Gasteiger partial charge in [-0.25, -0.2) is 19.9 Å². The van der Waals surface area contributed by atoms with E-state index in [9.17, 15) is 0 Å². The summed E-state index contributed by atoms with van der Waals surface area (Å²) >= 11 is 0. The van der Waals surface area contributed by atoms with Crippen LogP contribution < -0.4 is 0 Å². The van der Waals surface area contributed by atoms with Crippen molar-refractivity contribution in [2.75, 3.05) is 0 Å². The molecule has 110 heavy (non-hydrogen) atoms. The van der Waals surface area contributed by atoms with Gasteiger partial charge in [-0.05, 0) is 164 Å². The largest absolute Gasteiger partial charge is 0.309 e. The summed E-state index contributed by atoms with van der Waals surface area (Å²) in [6.45, 7) is 0. The van der Waals surface area contributed by atoms with E-state index in [0.29, 0.717) is 11.9 Å². The van der Waals surface area contributed by atoms with Crippen LogP contribution in [-0.2, 0) is 0 Å². The molecular weight excluding hydrogens is 1340 g/mol. The van der Waals surface area contributed by atoms with E-state index in [-0.39, 0.29) is 0 Å². The van der Waals surface area contributed by atoms with Gasteiger partial charge in [-0.2, -0.15) is 0 Å². The van der Waals surface area contributed by atoms with Crippen molar-refractivity contribution < 1.29 is 0 Å². The number of hydrogen-bond donors (Lipinski definition) is 0. The average molecular weight is 1400 g/mol. The predicted molar refractivity (Wildman–Crippen MR) is 459 cm³/mol. The Morgan fingerprint density at radius 2 is 0.500 bits per heavy atom. The molecule has 23 rings (SSSR count). The number of hydrogen-bond acceptors (Lipinski definition) is 4. The summed E-state index contributed by atoms with van der Waals surface area (Å²) in [4.78, 5) is 21.0. The Hall–Kier alpha value is -14.9. The summed E-state index contributed by atoms with van der Waals surface area (Å²) in [7, 11) is 0. The molecule has 0 saturated heterocycles. The Kier molecular flexibility index (Phi) is 14.5. The zero-order valence-electron chi connectivity index (χ0n) is 59.5. The van der Waals surface area contributed by atoms with Gasteiger partial charge in [0.15, 0.2) is 0 Å². The van der Waals surface area contributed by atoms with Gasteiger partial charge in [-0.15, -0.1) is 0 Å². The van der Waals surface area contributed by atoms with E-state index in [1.165, 1.54) is 120 Å². The van der Waals surface area contributed by atoms with E-state index in [1.807, 2.05) is 12.1 Å². The molecule has 0 N–H and O–H groups in total. The Morgan fingerprint density at radius 1 is 0.164 bits per heavy atom. The monoisotopic (exact) mass is 1400 g/mol. The normalized spacial score (nSPS) is 11.8. The summed E-state index contributed by atoms with van der Waals surface area (Å²) in [6, 6.07) is 139. The van der Waals surface area contributed by atoms with Crippen molar-refractivity contribution in [3.05, 3.63) is 388 Å². The van der Waals surface area contributed by atoms with Gasteiger partial charge in [0.1, 0.15) is 0 Å². The van der Waals surface area contributed by atoms with Crippen LogP contribution in [0.2, 0.25) is 0 Å². The maximum atomic E-state index is 5.39. The van der Waals surface area contributed by atoms with Crippen molar-refractivity contribution in [3.63, 3.8) is 0 Å². The molecule has 8 heteroatoms. The van der Waals surface area contributed by atoms with E-state index in [1.54, 1.807) is 0 Å². The molecule has 17 aromatic carbocycles. The smallest absolute Gasteiger partial charge is 0.235 e. The standard InChI is InChI=1S/C54H34N4.C48H30N4/c1-2-15-40(16-3-1)57-49-23-10-7-18-43(49)46-33-38(29-31-51(46)57)39-30-32-52-47(34-39)44-19-8-11-24-50(44)58(52)54-55-48-22-9-6-20-45(48)53(56-54)37-27-25-36(26-28-37)42-21-12-14-35-13-4-5-17-41(35)42;1-2-13-32(14-3-1)47-39-18-6-9-19-42(39)49-48(50-47)52-44-21-11-8-17-38(44)41-30-35(24-27-46(41)52)34-23-26-45-40(29-34)37-16-7-10-20-43(37)51(45)36-25-22-31-12-4-5-15-33(31)28-36/h1-34H;1-30H. The predicted octanol–water partition coefficient (Wildman–Crippen LogP) is 26.3. The highest BCUT2D eigenvalue weighted by atomic mass is 15.2. The van der Waals surface area contributed by atoms with Crippen molar-refractivity contribution in [1.82, 2.24) is 38.2 Å². The SMILES string of the molecule is c1ccc(-c2nc(-n3c4ccccc4c4cc(-c5ccc6c(c5)c5ccccc5n6-c5ccc6ccccc6c5)ccc43)nc3ccccc23)cc1.c1ccc(-n2c3ccccc3c3cc(-c4ccc5c(c4)c4ccccc4n5-c4nc(-c5ccc(-c6cccc7ccccc67)cc5)c5ccccc5n4)ccc32)cc1. The van der Waals surface area contributed by atoms with Gasteiger partial charge < -0.3 is 9.13 Å². The van der Waals surface area contributed by atoms with Crippen LogP contribution in [0.1, 0.15) is 0 Å². The fraction of sp³-hybridized carbons (Fsp3) is 0. The fourth-order valence-corrected chi connectivity index (χ4v) is 17.1. The van der Waals surface area contributed by atoms with Gasteiger partial charge in [0.05, 0.1) is 66.6 Å². The molecule has 23 aromatic rings. The molecule has 0 amide bonds. The second-order valence-electron chi connectivity index (χ2n) is 28.5. The zero-order chi connectivity index (χ0) is 72.3. The third-order valence-corrected chi connectivity index (χ3v) is 22.3. The molecule has 0 spiro atoms. The number of nitrogens with zero attached hydrogens (tertiary/aromatic N) is 8. The molecule has 0 bridgehead atoms. The van der Waals surface area contributed by atoms with Crippen LogP contribution >= 0.6 is 0 Å². The number of fused-ring (bicyclic) bond motifs is 16. The molecule has 0 atom stereocenters. The van der Waals surface area contributed by atoms with Gasteiger partial charge in [0, 0.05) is 76.4 Å². The van der Waals surface area contributed by atoms with E-state index < -0.39 is 0 Å². The van der Waals surface area contributed by atoms with Crippen LogP contribution in [0.3, 0.4) is 0 Å². The highest BCUT2D eigenvalue weighted by molar-refractivity contribution is 6.15. The van der Waals surface area contributed by atoms with Crippen molar-refractivity contribution in [3.8, 4) is 79.2 Å². The van der Waals surface area contributed by atoms with Crippen molar-refractivity contribution >= 4 is 131 Å². The van der Waals surface area contributed by atoms with Gasteiger partial charge in [-0.3, -0.25) is 9.13 Å². The molecule has 6 aromatic heterocycles. The van der Waals surface area contributed by atoms with E-state index in [2.05, 4.69) is 394 Å². The molecule has 8 nitrogen and oxygen atoms in total. The van der Waals surface area contributed by atoms with E-state index in [4.69, 9.17) is 19.9 Å². The molecule has 6 heterocycles. The minimum atomic E-state index is 0.654. The molecule has 0 saturated carbocycles. The third-order valence-electron chi connectivity index (χ3n) is 22.3. The first kappa shape index (κ1) is 62.5. The summed E-state index contributed by atoms with van der Waals surface area (Å²) in [5, 5.41) is 16.7. The Morgan fingerprint density at radius 3 is 0.991 bits per heavy atom. The number of aromatic nitrogens is 8. The molecule has 0 aliphatic heterocycles. The maximum absolute atomic E-state index is 5.39. The van der Waals surface area contributed by atoms with Crippen LogP contribution in [-0.4, -0.2) is 38.2 Å². The molecule has 0 aliphatic carbocycles. The summed E-state index contributed by atoms with van der Waals surface area (Å²) in [5.41, 5.74) is 24.3. The molecule has 0 aliphatic rings. The van der Waals surface area contributed by atoms with Crippen molar-refractivity contribution in [2.24, 2.45) is 0 Å². The lowest BCUT2D eigenvalue weighted by atomic mass is 9.96. The van der Waals surface area contributed by atoms with Gasteiger partial charge >= 0.3 is 0 Å². The number of rotatable bonds is 9. The Labute approximate surface area is 632 Å². The summed E-state index contributed by atoms with van der Waals surface area (Å²) in [6.07, 6.45) is 0. The summed E-state index contributed by atoms with van der Waals surface area (Å²) in [5.74, 6) is 1.32. The second-order valence-corrected chi connectivity index (χ2v) is 28.5. The molecule has 0 radical (unpaired) electrons. The quantitative estimate of drug-likeness (QED) is 0.144. The lowest BCUT2D eigenvalue weighted by molar-refractivity contribution is 1.01. The van der Waals surface area contributed by atoms with Crippen LogP contribution in [0.15, 0.2) is 388 Å². The first-order valence-corrected chi connectivity index (χ1v) is 37.4. The number of benzene rings is 17. The van der Waals surface area contributed by atoms with E-state index >= 15 is 0 Å². The van der Waals surface area contributed by atoms with Crippen LogP contribution in [0.5, 0.6) is 0 Å². The first-order chi connectivity index (χ1) is 54.5. The third kappa shape index (κ3) is 10.2. The Balaban J connectivity index is 0.000000136. The number of para-hydroxylation sites is 7. The highest BCUT2D eigenvalue weighted by Gasteiger charge is 2.23. The fourth-order valence-electron chi connectivity index (χ4n) is 17.1. The lowest BCUT2D eigenvalue weighted by Crippen LogP contribution is -2.03. The zero-order valence-corrected chi connectivity index (χ0v) is 59.5. The van der Waals surface area contributed by atoms with Crippen LogP contribution in [0.25, 0.3) is 210 Å². The maximum Gasteiger partial charge on any atom is 0.235 e. The molecular formula is C102H64N8. The van der Waals surface area contributed by atoms with Crippen LogP contribution in [0, 0.1) is 0 Å². The molecule has 0 unspecified atom stereocenters. The topological polar surface area (TPSA) is 71.3 Å².